The maximum absolute atomic E-state index is 13.3. The lowest BCUT2D eigenvalue weighted by Crippen LogP contribution is -2.09. The van der Waals surface area contributed by atoms with Crippen molar-refractivity contribution in [2.75, 3.05) is 0 Å². The summed E-state index contributed by atoms with van der Waals surface area (Å²) in [5.41, 5.74) is -1.02. The van der Waals surface area contributed by atoms with Crippen LogP contribution < -0.4 is 0 Å². The predicted octanol–water partition coefficient (Wildman–Crippen LogP) is 4.46. The Balaban J connectivity index is 2.01. The summed E-state index contributed by atoms with van der Waals surface area (Å²) in [6, 6.07) is 0. The van der Waals surface area contributed by atoms with E-state index in [0.29, 0.717) is 0 Å². The molecule has 1 aromatic rings. The van der Waals surface area contributed by atoms with E-state index >= 15 is 0 Å². The summed E-state index contributed by atoms with van der Waals surface area (Å²) in [6.07, 6.45) is 6.74. The first-order valence-corrected chi connectivity index (χ1v) is 6.68. The first-order valence-electron chi connectivity index (χ1n) is 6.68. The SMILES string of the molecule is Fc1c(F)c(F)c(CON=CC2CCCCC2)c(F)c1F. The zero-order chi connectivity index (χ0) is 15.4. The van der Waals surface area contributed by atoms with Crippen molar-refractivity contribution in [3.8, 4) is 0 Å². The third-order valence-corrected chi connectivity index (χ3v) is 3.51. The van der Waals surface area contributed by atoms with Crippen LogP contribution in [0.3, 0.4) is 0 Å². The van der Waals surface area contributed by atoms with Crippen molar-refractivity contribution >= 4 is 6.21 Å². The van der Waals surface area contributed by atoms with Gasteiger partial charge in [0, 0.05) is 6.21 Å². The molecule has 1 aliphatic carbocycles. The summed E-state index contributed by atoms with van der Waals surface area (Å²) >= 11 is 0. The lowest BCUT2D eigenvalue weighted by atomic mass is 9.90. The van der Waals surface area contributed by atoms with Crippen LogP contribution in [0, 0.1) is 35.0 Å². The monoisotopic (exact) mass is 307 g/mol. The lowest BCUT2D eigenvalue weighted by molar-refractivity contribution is 0.122. The topological polar surface area (TPSA) is 21.6 Å². The molecular weight excluding hydrogens is 293 g/mol. The van der Waals surface area contributed by atoms with Crippen LogP contribution in [-0.2, 0) is 11.4 Å². The van der Waals surface area contributed by atoms with E-state index in [1.807, 2.05) is 0 Å². The zero-order valence-corrected chi connectivity index (χ0v) is 11.1. The molecule has 0 bridgehead atoms. The van der Waals surface area contributed by atoms with Gasteiger partial charge in [-0.25, -0.2) is 22.0 Å². The van der Waals surface area contributed by atoms with Crippen LogP contribution in [0.5, 0.6) is 0 Å². The number of halogens is 5. The van der Waals surface area contributed by atoms with Gasteiger partial charge in [0.25, 0.3) is 0 Å². The Bertz CT molecular complexity index is 512. The van der Waals surface area contributed by atoms with Crippen molar-refractivity contribution in [2.24, 2.45) is 11.1 Å². The highest BCUT2D eigenvalue weighted by Gasteiger charge is 2.25. The molecule has 0 aliphatic heterocycles. The molecule has 0 atom stereocenters. The van der Waals surface area contributed by atoms with Gasteiger partial charge in [-0.1, -0.05) is 24.4 Å². The van der Waals surface area contributed by atoms with E-state index in [-0.39, 0.29) is 5.92 Å². The predicted molar refractivity (Wildman–Crippen MR) is 66.1 cm³/mol. The van der Waals surface area contributed by atoms with Crippen LogP contribution in [0.2, 0.25) is 0 Å². The van der Waals surface area contributed by atoms with E-state index in [4.69, 9.17) is 0 Å². The summed E-state index contributed by atoms with van der Waals surface area (Å²) in [5, 5.41) is 3.56. The molecule has 0 spiro atoms. The molecule has 1 aliphatic rings. The Kier molecular flexibility index (Phi) is 5.14. The fourth-order valence-electron chi connectivity index (χ4n) is 2.29. The fourth-order valence-corrected chi connectivity index (χ4v) is 2.29. The van der Waals surface area contributed by atoms with E-state index in [0.717, 1.165) is 32.1 Å². The molecule has 116 valence electrons. The van der Waals surface area contributed by atoms with Crippen molar-refractivity contribution in [2.45, 2.75) is 38.7 Å². The average molecular weight is 307 g/mol. The van der Waals surface area contributed by atoms with Gasteiger partial charge in [-0.3, -0.25) is 0 Å². The minimum atomic E-state index is -2.18. The van der Waals surface area contributed by atoms with E-state index in [2.05, 4.69) is 9.99 Å². The Labute approximate surface area is 118 Å². The van der Waals surface area contributed by atoms with Gasteiger partial charge < -0.3 is 4.84 Å². The maximum Gasteiger partial charge on any atom is 0.200 e. The summed E-state index contributed by atoms with van der Waals surface area (Å²) < 4.78 is 65.4. The minimum absolute atomic E-state index is 0.232. The molecule has 2 rings (SSSR count). The molecular formula is C14H14F5NO. The van der Waals surface area contributed by atoms with Gasteiger partial charge in [0.2, 0.25) is 5.82 Å². The number of hydrogen-bond acceptors (Lipinski definition) is 2. The summed E-state index contributed by atoms with van der Waals surface area (Å²) in [6.45, 7) is -0.811. The summed E-state index contributed by atoms with van der Waals surface area (Å²) in [5.74, 6) is -9.69. The number of oxime groups is 1. The maximum atomic E-state index is 13.3. The Morgan fingerprint density at radius 3 is 1.95 bits per heavy atom. The van der Waals surface area contributed by atoms with Crippen molar-refractivity contribution in [3.63, 3.8) is 0 Å². The Morgan fingerprint density at radius 2 is 1.38 bits per heavy atom. The molecule has 21 heavy (non-hydrogen) atoms. The Morgan fingerprint density at radius 1 is 0.857 bits per heavy atom. The van der Waals surface area contributed by atoms with E-state index in [1.54, 1.807) is 0 Å². The summed E-state index contributed by atoms with van der Waals surface area (Å²) in [4.78, 5) is 4.67. The quantitative estimate of drug-likeness (QED) is 0.264. The zero-order valence-electron chi connectivity index (χ0n) is 11.1. The number of benzene rings is 1. The van der Waals surface area contributed by atoms with Crippen molar-refractivity contribution < 1.29 is 26.8 Å². The lowest BCUT2D eigenvalue weighted by Gasteiger charge is -2.16. The molecule has 1 aromatic carbocycles. The highest BCUT2D eigenvalue weighted by molar-refractivity contribution is 5.59. The van der Waals surface area contributed by atoms with Crippen molar-refractivity contribution in [1.82, 2.24) is 0 Å². The third-order valence-electron chi connectivity index (χ3n) is 3.51. The standard InChI is InChI=1S/C14H14F5NO/c15-10-9(11(16)13(18)14(19)12(10)17)7-21-20-6-8-4-2-1-3-5-8/h6,8H,1-5,7H2. The molecule has 0 unspecified atom stereocenters. The Hall–Kier alpha value is -1.66. The third kappa shape index (κ3) is 3.51. The van der Waals surface area contributed by atoms with Gasteiger partial charge in [0.1, 0.15) is 6.61 Å². The minimum Gasteiger partial charge on any atom is -0.391 e. The number of rotatable bonds is 4. The van der Waals surface area contributed by atoms with Crippen LogP contribution in [0.4, 0.5) is 22.0 Å². The van der Waals surface area contributed by atoms with Gasteiger partial charge in [-0.05, 0) is 18.8 Å². The average Bonchev–Trinajstić information content (AvgIpc) is 2.51. The first-order chi connectivity index (χ1) is 10.0. The highest BCUT2D eigenvalue weighted by atomic mass is 19.2. The molecule has 0 radical (unpaired) electrons. The van der Waals surface area contributed by atoms with Gasteiger partial charge in [0.15, 0.2) is 23.3 Å². The molecule has 0 N–H and O–H groups in total. The van der Waals surface area contributed by atoms with Gasteiger partial charge >= 0.3 is 0 Å². The fraction of sp³-hybridized carbons (Fsp3) is 0.500. The van der Waals surface area contributed by atoms with Crippen molar-refractivity contribution in [1.29, 1.82) is 0 Å². The molecule has 0 aromatic heterocycles. The van der Waals surface area contributed by atoms with Gasteiger partial charge in [-0.15, -0.1) is 0 Å². The van der Waals surface area contributed by atoms with Crippen LogP contribution in [0.15, 0.2) is 5.16 Å². The van der Waals surface area contributed by atoms with Gasteiger partial charge in [-0.2, -0.15) is 0 Å². The molecule has 1 fully saturated rings. The molecule has 0 saturated heterocycles. The first kappa shape index (κ1) is 15.7. The van der Waals surface area contributed by atoms with Crippen LogP contribution >= 0.6 is 0 Å². The molecule has 2 nitrogen and oxygen atoms in total. The second-order valence-electron chi connectivity index (χ2n) is 4.97. The molecule has 0 amide bonds. The van der Waals surface area contributed by atoms with Crippen LogP contribution in [-0.4, -0.2) is 6.21 Å². The summed E-state index contributed by atoms with van der Waals surface area (Å²) in [7, 11) is 0. The molecule has 7 heteroatoms. The van der Waals surface area contributed by atoms with Gasteiger partial charge in [0.05, 0.1) is 5.56 Å². The van der Waals surface area contributed by atoms with E-state index in [9.17, 15) is 22.0 Å². The van der Waals surface area contributed by atoms with E-state index < -0.39 is 41.3 Å². The van der Waals surface area contributed by atoms with Crippen LogP contribution in [0.25, 0.3) is 0 Å². The normalized spacial score (nSPS) is 16.6. The highest BCUT2D eigenvalue weighted by Crippen LogP contribution is 2.24. The van der Waals surface area contributed by atoms with Crippen LogP contribution in [0.1, 0.15) is 37.7 Å². The molecule has 1 saturated carbocycles. The number of nitrogens with zero attached hydrogens (tertiary/aromatic N) is 1. The second-order valence-corrected chi connectivity index (χ2v) is 4.97. The van der Waals surface area contributed by atoms with E-state index in [1.165, 1.54) is 6.21 Å². The molecule has 0 heterocycles. The van der Waals surface area contributed by atoms with Crippen molar-refractivity contribution in [3.05, 3.63) is 34.6 Å². The smallest absolute Gasteiger partial charge is 0.200 e. The number of hydrogen-bond donors (Lipinski definition) is 0. The second kappa shape index (κ2) is 6.87. The largest absolute Gasteiger partial charge is 0.391 e.